The van der Waals surface area contributed by atoms with E-state index in [1.165, 1.54) is 4.90 Å². The molecule has 1 fully saturated rings. The smallest absolute Gasteiger partial charge is 0.368 e. The first-order valence-electron chi connectivity index (χ1n) is 8.69. The van der Waals surface area contributed by atoms with E-state index in [9.17, 15) is 13.2 Å². The van der Waals surface area contributed by atoms with Gasteiger partial charge in [-0.1, -0.05) is 0 Å². The van der Waals surface area contributed by atoms with Gasteiger partial charge in [0.1, 0.15) is 5.82 Å². The molecule has 6 nitrogen and oxygen atoms in total. The lowest BCUT2D eigenvalue weighted by atomic mass is 9.97. The maximum atomic E-state index is 12.4. The van der Waals surface area contributed by atoms with Gasteiger partial charge in [-0.05, 0) is 51.8 Å². The third-order valence-corrected chi connectivity index (χ3v) is 4.53. The van der Waals surface area contributed by atoms with E-state index in [1.807, 2.05) is 19.9 Å². The topological polar surface area (TPSA) is 58.9 Å². The standard InChI is InChI=1S/C17H23F3N6/c1-12-7-13(2)26(24-12)16-10-21-9-15(23-16)22-8-14-3-5-25(6-4-14)11-17(18,19)20/h7,9-10,14H,3-6,8,11H2,1-2H3,(H,22,23). The van der Waals surface area contributed by atoms with Gasteiger partial charge in [0.15, 0.2) is 5.82 Å². The number of rotatable bonds is 5. The van der Waals surface area contributed by atoms with Crippen LogP contribution < -0.4 is 5.32 Å². The van der Waals surface area contributed by atoms with Gasteiger partial charge >= 0.3 is 6.18 Å². The molecule has 0 spiro atoms. The van der Waals surface area contributed by atoms with Gasteiger partial charge in [-0.2, -0.15) is 18.3 Å². The number of alkyl halides is 3. The van der Waals surface area contributed by atoms with Crippen molar-refractivity contribution in [1.29, 1.82) is 0 Å². The predicted molar refractivity (Wildman–Crippen MR) is 92.3 cm³/mol. The Morgan fingerprint density at radius 2 is 1.92 bits per heavy atom. The van der Waals surface area contributed by atoms with E-state index in [4.69, 9.17) is 0 Å². The van der Waals surface area contributed by atoms with Crippen LogP contribution in [0.1, 0.15) is 24.2 Å². The van der Waals surface area contributed by atoms with E-state index in [-0.39, 0.29) is 0 Å². The van der Waals surface area contributed by atoms with Crippen molar-refractivity contribution in [2.75, 3.05) is 31.5 Å². The van der Waals surface area contributed by atoms with Crippen LogP contribution in [0.4, 0.5) is 19.0 Å². The third-order valence-electron chi connectivity index (χ3n) is 4.53. The van der Waals surface area contributed by atoms with Crippen LogP contribution in [0.25, 0.3) is 5.82 Å². The molecule has 0 aliphatic carbocycles. The molecule has 0 saturated carbocycles. The number of aromatic nitrogens is 4. The van der Waals surface area contributed by atoms with Crippen LogP contribution >= 0.6 is 0 Å². The highest BCUT2D eigenvalue weighted by Crippen LogP contribution is 2.22. The summed E-state index contributed by atoms with van der Waals surface area (Å²) < 4.78 is 39.1. The van der Waals surface area contributed by atoms with Crippen molar-refractivity contribution in [3.8, 4) is 5.82 Å². The molecule has 3 rings (SSSR count). The summed E-state index contributed by atoms with van der Waals surface area (Å²) in [5.74, 6) is 1.62. The van der Waals surface area contributed by atoms with Gasteiger partial charge in [0.05, 0.1) is 24.6 Å². The number of nitrogens with one attached hydrogen (secondary N) is 1. The Morgan fingerprint density at radius 1 is 1.19 bits per heavy atom. The van der Waals surface area contributed by atoms with Crippen molar-refractivity contribution in [2.45, 2.75) is 32.9 Å². The quantitative estimate of drug-likeness (QED) is 0.879. The number of aryl methyl sites for hydroxylation is 2. The number of hydrogen-bond acceptors (Lipinski definition) is 5. The number of nitrogens with zero attached hydrogens (tertiary/aromatic N) is 5. The van der Waals surface area contributed by atoms with Crippen molar-refractivity contribution in [3.63, 3.8) is 0 Å². The maximum absolute atomic E-state index is 12.4. The molecule has 0 radical (unpaired) electrons. The van der Waals surface area contributed by atoms with Gasteiger partial charge in [0.25, 0.3) is 0 Å². The minimum atomic E-state index is -4.12. The van der Waals surface area contributed by atoms with E-state index in [0.717, 1.165) is 24.2 Å². The van der Waals surface area contributed by atoms with Gasteiger partial charge in [-0.15, -0.1) is 0 Å². The Kier molecular flexibility index (Phi) is 5.45. The molecule has 0 unspecified atom stereocenters. The second-order valence-corrected chi connectivity index (χ2v) is 6.82. The number of piperidine rings is 1. The van der Waals surface area contributed by atoms with Crippen molar-refractivity contribution < 1.29 is 13.2 Å². The van der Waals surface area contributed by atoms with E-state index in [1.54, 1.807) is 17.1 Å². The zero-order valence-corrected chi connectivity index (χ0v) is 14.9. The number of anilines is 1. The molecule has 2 aromatic rings. The van der Waals surface area contributed by atoms with Crippen LogP contribution in [-0.4, -0.2) is 57.0 Å². The fraction of sp³-hybridized carbons (Fsp3) is 0.588. The van der Waals surface area contributed by atoms with Gasteiger partial charge in [0.2, 0.25) is 0 Å². The molecule has 142 valence electrons. The molecule has 0 amide bonds. The summed E-state index contributed by atoms with van der Waals surface area (Å²) in [4.78, 5) is 10.2. The van der Waals surface area contributed by atoms with E-state index < -0.39 is 12.7 Å². The summed E-state index contributed by atoms with van der Waals surface area (Å²) in [6.07, 6.45) is 0.666. The van der Waals surface area contributed by atoms with Crippen LogP contribution in [0.5, 0.6) is 0 Å². The second kappa shape index (κ2) is 7.61. The minimum Gasteiger partial charge on any atom is -0.368 e. The zero-order chi connectivity index (χ0) is 18.7. The normalized spacial score (nSPS) is 16.8. The minimum absolute atomic E-state index is 0.332. The summed E-state index contributed by atoms with van der Waals surface area (Å²) >= 11 is 0. The average molecular weight is 368 g/mol. The first-order chi connectivity index (χ1) is 12.3. The number of hydrogen-bond donors (Lipinski definition) is 1. The molecule has 3 heterocycles. The van der Waals surface area contributed by atoms with Crippen LogP contribution in [0.3, 0.4) is 0 Å². The van der Waals surface area contributed by atoms with E-state index in [0.29, 0.717) is 37.2 Å². The SMILES string of the molecule is Cc1cc(C)n(-c2cncc(NCC3CCN(CC(F)(F)F)CC3)n2)n1. The highest BCUT2D eigenvalue weighted by atomic mass is 19.4. The van der Waals surface area contributed by atoms with Crippen molar-refractivity contribution >= 4 is 5.82 Å². The van der Waals surface area contributed by atoms with Gasteiger partial charge in [-0.3, -0.25) is 9.88 Å². The molecular formula is C17H23F3N6. The monoisotopic (exact) mass is 368 g/mol. The molecule has 1 aliphatic heterocycles. The molecule has 0 bridgehead atoms. The number of halogens is 3. The average Bonchev–Trinajstić information content (AvgIpc) is 2.91. The molecule has 9 heteroatoms. The molecule has 0 atom stereocenters. The van der Waals surface area contributed by atoms with Crippen LogP contribution in [-0.2, 0) is 0 Å². The third kappa shape index (κ3) is 4.94. The second-order valence-electron chi connectivity index (χ2n) is 6.82. The molecule has 26 heavy (non-hydrogen) atoms. The Hall–Kier alpha value is -2.16. The first-order valence-corrected chi connectivity index (χ1v) is 8.69. The van der Waals surface area contributed by atoms with Crippen molar-refractivity contribution in [3.05, 3.63) is 29.8 Å². The Labute approximate surface area is 150 Å². The van der Waals surface area contributed by atoms with Crippen molar-refractivity contribution in [2.24, 2.45) is 5.92 Å². The Bertz CT molecular complexity index is 734. The van der Waals surface area contributed by atoms with Crippen LogP contribution in [0.15, 0.2) is 18.5 Å². The van der Waals surface area contributed by atoms with Gasteiger partial charge in [-0.25, -0.2) is 9.67 Å². The summed E-state index contributed by atoms with van der Waals surface area (Å²) in [6, 6.07) is 1.97. The van der Waals surface area contributed by atoms with E-state index in [2.05, 4.69) is 20.4 Å². The Morgan fingerprint density at radius 3 is 2.54 bits per heavy atom. The summed E-state index contributed by atoms with van der Waals surface area (Å²) in [5.41, 5.74) is 1.89. The fourth-order valence-corrected chi connectivity index (χ4v) is 3.25. The van der Waals surface area contributed by atoms with Crippen LogP contribution in [0.2, 0.25) is 0 Å². The van der Waals surface area contributed by atoms with Crippen molar-refractivity contribution in [1.82, 2.24) is 24.6 Å². The maximum Gasteiger partial charge on any atom is 0.401 e. The summed E-state index contributed by atoms with van der Waals surface area (Å²) in [6.45, 7) is 4.69. The van der Waals surface area contributed by atoms with Gasteiger partial charge < -0.3 is 5.32 Å². The fourth-order valence-electron chi connectivity index (χ4n) is 3.25. The highest BCUT2D eigenvalue weighted by molar-refractivity contribution is 5.36. The summed E-state index contributed by atoms with van der Waals surface area (Å²) in [7, 11) is 0. The molecule has 1 aliphatic rings. The largest absolute Gasteiger partial charge is 0.401 e. The number of likely N-dealkylation sites (tertiary alicyclic amines) is 1. The lowest BCUT2D eigenvalue weighted by Crippen LogP contribution is -2.41. The van der Waals surface area contributed by atoms with Crippen LogP contribution in [0, 0.1) is 19.8 Å². The molecule has 1 saturated heterocycles. The lowest BCUT2D eigenvalue weighted by Gasteiger charge is -2.32. The highest BCUT2D eigenvalue weighted by Gasteiger charge is 2.32. The predicted octanol–water partition coefficient (Wildman–Crippen LogP) is 2.97. The zero-order valence-electron chi connectivity index (χ0n) is 14.9. The molecule has 2 aromatic heterocycles. The molecule has 1 N–H and O–H groups in total. The van der Waals surface area contributed by atoms with E-state index >= 15 is 0 Å². The molecular weight excluding hydrogens is 345 g/mol. The summed E-state index contributed by atoms with van der Waals surface area (Å²) in [5, 5.41) is 7.66. The Balaban J connectivity index is 1.53. The first kappa shape index (κ1) is 18.6. The molecule has 0 aromatic carbocycles. The van der Waals surface area contributed by atoms with Gasteiger partial charge in [0, 0.05) is 12.2 Å². The lowest BCUT2D eigenvalue weighted by molar-refractivity contribution is -0.148.